The van der Waals surface area contributed by atoms with Gasteiger partial charge in [0.2, 0.25) is 0 Å². The Bertz CT molecular complexity index is 383. The Hall–Kier alpha value is -0.330. The molecule has 3 fully saturated rings. The molecule has 0 bridgehead atoms. The quantitative estimate of drug-likeness (QED) is 0.610. The van der Waals surface area contributed by atoms with E-state index in [0.717, 1.165) is 24.7 Å². The molecule has 0 amide bonds. The van der Waals surface area contributed by atoms with Crippen LogP contribution in [-0.2, 0) is 4.79 Å². The number of Topliss-reactive ketones (excluding diaryl/α,β-unsaturated/α-hetero) is 1. The summed E-state index contributed by atoms with van der Waals surface area (Å²) in [7, 11) is 0. The van der Waals surface area contributed by atoms with E-state index in [2.05, 4.69) is 27.7 Å². The average molecular weight is 262 g/mol. The van der Waals surface area contributed by atoms with Crippen LogP contribution in [0.4, 0.5) is 0 Å². The molecule has 0 N–H and O–H groups in total. The molecule has 3 aliphatic carbocycles. The van der Waals surface area contributed by atoms with Crippen molar-refractivity contribution in [3.63, 3.8) is 0 Å². The molecule has 3 rings (SSSR count). The van der Waals surface area contributed by atoms with Crippen molar-refractivity contribution in [2.75, 3.05) is 0 Å². The van der Waals surface area contributed by atoms with Gasteiger partial charge in [0.15, 0.2) is 0 Å². The fourth-order valence-electron chi connectivity index (χ4n) is 6.28. The second-order valence-corrected chi connectivity index (χ2v) is 8.67. The lowest BCUT2D eigenvalue weighted by molar-refractivity contribution is -0.145. The minimum atomic E-state index is 0.439. The van der Waals surface area contributed by atoms with Crippen molar-refractivity contribution in [3.8, 4) is 0 Å². The molecule has 1 heteroatoms. The Balaban J connectivity index is 1.95. The van der Waals surface area contributed by atoms with Crippen LogP contribution in [0.5, 0.6) is 0 Å². The molecule has 3 aliphatic rings. The highest BCUT2D eigenvalue weighted by molar-refractivity contribution is 5.80. The molecule has 0 aliphatic heterocycles. The van der Waals surface area contributed by atoms with Crippen molar-refractivity contribution in [1.82, 2.24) is 0 Å². The van der Waals surface area contributed by atoms with Crippen LogP contribution < -0.4 is 0 Å². The van der Waals surface area contributed by atoms with Crippen LogP contribution in [-0.4, -0.2) is 5.78 Å². The normalized spacial score (nSPS) is 49.4. The summed E-state index contributed by atoms with van der Waals surface area (Å²) in [6.45, 7) is 9.81. The Morgan fingerprint density at radius 3 is 2.53 bits per heavy atom. The van der Waals surface area contributed by atoms with Gasteiger partial charge in [-0.1, -0.05) is 34.1 Å². The number of rotatable bonds is 0. The molecule has 19 heavy (non-hydrogen) atoms. The smallest absolute Gasteiger partial charge is 0.133 e. The van der Waals surface area contributed by atoms with E-state index >= 15 is 0 Å². The molecular formula is C18H30O. The van der Waals surface area contributed by atoms with Gasteiger partial charge in [-0.05, 0) is 60.2 Å². The summed E-state index contributed by atoms with van der Waals surface area (Å²) >= 11 is 0. The molecule has 3 saturated carbocycles. The van der Waals surface area contributed by atoms with Gasteiger partial charge in [0.05, 0.1) is 0 Å². The third-order valence-electron chi connectivity index (χ3n) is 7.16. The molecule has 0 aromatic carbocycles. The third kappa shape index (κ3) is 1.99. The summed E-state index contributed by atoms with van der Waals surface area (Å²) < 4.78 is 0. The van der Waals surface area contributed by atoms with Crippen LogP contribution in [0.15, 0.2) is 0 Å². The summed E-state index contributed by atoms with van der Waals surface area (Å²) in [4.78, 5) is 12.1. The van der Waals surface area contributed by atoms with Gasteiger partial charge < -0.3 is 0 Å². The van der Waals surface area contributed by atoms with Crippen LogP contribution in [0.2, 0.25) is 0 Å². The molecule has 0 aromatic heterocycles. The van der Waals surface area contributed by atoms with E-state index in [9.17, 15) is 4.79 Å². The second kappa shape index (κ2) is 4.33. The van der Waals surface area contributed by atoms with Crippen LogP contribution in [0.3, 0.4) is 0 Å². The molecule has 0 radical (unpaired) electrons. The first-order valence-corrected chi connectivity index (χ1v) is 8.36. The maximum Gasteiger partial charge on any atom is 0.133 e. The van der Waals surface area contributed by atoms with Gasteiger partial charge in [0.1, 0.15) is 5.78 Å². The van der Waals surface area contributed by atoms with Crippen LogP contribution in [0, 0.1) is 34.5 Å². The van der Waals surface area contributed by atoms with E-state index in [-0.39, 0.29) is 0 Å². The van der Waals surface area contributed by atoms with Gasteiger partial charge in [0, 0.05) is 12.8 Å². The van der Waals surface area contributed by atoms with Gasteiger partial charge in [-0.25, -0.2) is 0 Å². The molecular weight excluding hydrogens is 232 g/mol. The predicted molar refractivity (Wildman–Crippen MR) is 78.8 cm³/mol. The van der Waals surface area contributed by atoms with E-state index < -0.39 is 0 Å². The molecule has 0 unspecified atom stereocenters. The highest BCUT2D eigenvalue weighted by atomic mass is 16.1. The van der Waals surface area contributed by atoms with Crippen molar-refractivity contribution in [1.29, 1.82) is 0 Å². The maximum absolute atomic E-state index is 12.1. The third-order valence-corrected chi connectivity index (χ3v) is 7.16. The second-order valence-electron chi connectivity index (χ2n) is 8.67. The summed E-state index contributed by atoms with van der Waals surface area (Å²) in [6.07, 6.45) is 8.64. The largest absolute Gasteiger partial charge is 0.300 e. The minimum absolute atomic E-state index is 0.439. The van der Waals surface area contributed by atoms with Crippen molar-refractivity contribution in [2.24, 2.45) is 34.5 Å². The molecule has 5 atom stereocenters. The van der Waals surface area contributed by atoms with E-state index in [1.54, 1.807) is 0 Å². The first-order valence-electron chi connectivity index (χ1n) is 8.36. The van der Waals surface area contributed by atoms with Crippen LogP contribution in [0.25, 0.3) is 0 Å². The highest BCUT2D eigenvalue weighted by Crippen LogP contribution is 2.63. The molecule has 0 aromatic rings. The van der Waals surface area contributed by atoms with E-state index in [4.69, 9.17) is 0 Å². The zero-order valence-corrected chi connectivity index (χ0v) is 13.2. The number of ketones is 1. The van der Waals surface area contributed by atoms with Gasteiger partial charge >= 0.3 is 0 Å². The number of hydrogen-bond acceptors (Lipinski definition) is 1. The van der Waals surface area contributed by atoms with Gasteiger partial charge in [-0.3, -0.25) is 4.79 Å². The Kier molecular flexibility index (Phi) is 3.11. The number of carbonyl (C=O) groups excluding carboxylic acids is 1. The van der Waals surface area contributed by atoms with Crippen molar-refractivity contribution < 1.29 is 4.79 Å². The highest BCUT2D eigenvalue weighted by Gasteiger charge is 2.56. The maximum atomic E-state index is 12.1. The lowest BCUT2D eigenvalue weighted by Crippen LogP contribution is -2.54. The van der Waals surface area contributed by atoms with Crippen molar-refractivity contribution in [3.05, 3.63) is 0 Å². The molecule has 0 saturated heterocycles. The summed E-state index contributed by atoms with van der Waals surface area (Å²) in [6, 6.07) is 0. The topological polar surface area (TPSA) is 17.1 Å². The number of hydrogen-bond donors (Lipinski definition) is 0. The van der Waals surface area contributed by atoms with Gasteiger partial charge in [-0.2, -0.15) is 0 Å². The Labute approximate surface area is 118 Å². The molecule has 1 nitrogen and oxygen atoms in total. The van der Waals surface area contributed by atoms with E-state index in [0.29, 0.717) is 28.4 Å². The van der Waals surface area contributed by atoms with Gasteiger partial charge in [-0.15, -0.1) is 0 Å². The van der Waals surface area contributed by atoms with E-state index in [1.807, 2.05) is 0 Å². The lowest BCUT2D eigenvalue weighted by atomic mass is 9.43. The molecule has 0 spiro atoms. The molecule has 108 valence electrons. The minimum Gasteiger partial charge on any atom is -0.300 e. The zero-order valence-electron chi connectivity index (χ0n) is 13.2. The van der Waals surface area contributed by atoms with Crippen molar-refractivity contribution >= 4 is 5.78 Å². The Morgan fingerprint density at radius 2 is 1.79 bits per heavy atom. The Morgan fingerprint density at radius 1 is 1.05 bits per heavy atom. The van der Waals surface area contributed by atoms with Crippen LogP contribution >= 0.6 is 0 Å². The standard InChI is InChI=1S/C18H30O/c1-12-10-13(19)11-15-14(12)6-7-16-17(2,3)8-5-9-18(15,16)4/h12,14-16H,5-11H2,1-4H3/t12-,14-,15-,16-,18+/m1/s1. The van der Waals surface area contributed by atoms with Crippen LogP contribution in [0.1, 0.15) is 72.6 Å². The summed E-state index contributed by atoms with van der Waals surface area (Å²) in [5.41, 5.74) is 0.927. The summed E-state index contributed by atoms with van der Waals surface area (Å²) in [5.74, 6) is 3.52. The fraction of sp³-hybridized carbons (Fsp3) is 0.944. The SMILES string of the molecule is C[C@@H]1CC(=O)C[C@@H]2[C@@H]1CC[C@@H]1C(C)(C)CCC[C@@]21C. The van der Waals surface area contributed by atoms with E-state index in [1.165, 1.54) is 32.1 Å². The van der Waals surface area contributed by atoms with Crippen molar-refractivity contribution in [2.45, 2.75) is 72.6 Å². The lowest BCUT2D eigenvalue weighted by Gasteiger charge is -2.61. The molecule has 0 heterocycles. The van der Waals surface area contributed by atoms with Gasteiger partial charge in [0.25, 0.3) is 0 Å². The summed E-state index contributed by atoms with van der Waals surface area (Å²) in [5, 5.41) is 0. The zero-order chi connectivity index (χ0) is 13.8. The number of carbonyl (C=O) groups is 1. The average Bonchev–Trinajstić information content (AvgIpc) is 2.29. The first kappa shape index (κ1) is 13.6. The first-order chi connectivity index (χ1) is 8.84. The fourth-order valence-corrected chi connectivity index (χ4v) is 6.28. The number of fused-ring (bicyclic) bond motifs is 3. The predicted octanol–water partition coefficient (Wildman–Crippen LogP) is 4.84. The monoisotopic (exact) mass is 262 g/mol.